The standard InChI is InChI=1S/C37H39N7O6/c38-15-13-28-21-42(17-18-44(28)37(47)50-23-26-7-2-1-3-8-26)34-31-14-16-41(33-12-6-10-27-9-4-5-11-30(27)33)22-32(31)39-35(40-34)49-25-29-24-48-20-19-43(29)36(45)46/h1-12,28-29H,13-14,16-25H2,(H,45,46)/t28?,29-/m1/s1. The molecule has 2 fully saturated rings. The van der Waals surface area contributed by atoms with E-state index in [4.69, 9.17) is 24.2 Å². The number of nitriles is 1. The first kappa shape index (κ1) is 32.9. The molecule has 3 aliphatic rings. The number of nitrogens with zero attached hydrogens (tertiary/aromatic N) is 7. The van der Waals surface area contributed by atoms with E-state index in [0.717, 1.165) is 39.8 Å². The number of hydrogen-bond acceptors (Lipinski definition) is 10. The molecule has 2 saturated heterocycles. The Morgan fingerprint density at radius 3 is 2.58 bits per heavy atom. The van der Waals surface area contributed by atoms with Crippen molar-refractivity contribution in [2.75, 3.05) is 62.3 Å². The van der Waals surface area contributed by atoms with Gasteiger partial charge in [0.1, 0.15) is 19.0 Å². The third-order valence-corrected chi connectivity index (χ3v) is 9.56. The molecule has 2 amide bonds. The lowest BCUT2D eigenvalue weighted by molar-refractivity contribution is -0.0159. The Labute approximate surface area is 290 Å². The number of fused-ring (bicyclic) bond motifs is 2. The molecule has 13 nitrogen and oxygen atoms in total. The van der Waals surface area contributed by atoms with Crippen LogP contribution in [0.2, 0.25) is 0 Å². The molecule has 258 valence electrons. The van der Waals surface area contributed by atoms with Gasteiger partial charge < -0.3 is 34.0 Å². The van der Waals surface area contributed by atoms with Crippen LogP contribution in [-0.4, -0.2) is 102 Å². The molecule has 7 rings (SSSR count). The van der Waals surface area contributed by atoms with Crippen LogP contribution in [0.1, 0.15) is 23.2 Å². The van der Waals surface area contributed by atoms with Crippen LogP contribution in [0.15, 0.2) is 72.8 Å². The maximum absolute atomic E-state index is 13.2. The minimum atomic E-state index is -1.02. The summed E-state index contributed by atoms with van der Waals surface area (Å²) in [5.41, 5.74) is 3.82. The zero-order valence-corrected chi connectivity index (χ0v) is 27.7. The lowest BCUT2D eigenvalue weighted by Gasteiger charge is -2.42. The van der Waals surface area contributed by atoms with E-state index in [1.165, 1.54) is 4.90 Å². The Balaban J connectivity index is 1.16. The predicted molar refractivity (Wildman–Crippen MR) is 185 cm³/mol. The van der Waals surface area contributed by atoms with E-state index in [-0.39, 0.29) is 38.8 Å². The highest BCUT2D eigenvalue weighted by Crippen LogP contribution is 2.35. The predicted octanol–water partition coefficient (Wildman–Crippen LogP) is 4.69. The summed E-state index contributed by atoms with van der Waals surface area (Å²) in [7, 11) is 0. The fourth-order valence-electron chi connectivity index (χ4n) is 6.99. The monoisotopic (exact) mass is 677 g/mol. The number of ether oxygens (including phenoxy) is 3. The van der Waals surface area contributed by atoms with Gasteiger partial charge in [-0.1, -0.05) is 66.7 Å². The number of anilines is 2. The van der Waals surface area contributed by atoms with Crippen molar-refractivity contribution < 1.29 is 28.9 Å². The van der Waals surface area contributed by atoms with Crippen LogP contribution in [0, 0.1) is 11.3 Å². The lowest BCUT2D eigenvalue weighted by atomic mass is 10.0. The average Bonchev–Trinajstić information content (AvgIpc) is 3.16. The van der Waals surface area contributed by atoms with E-state index in [1.807, 2.05) is 42.5 Å². The minimum absolute atomic E-state index is 0.0374. The molecular formula is C37H39N7O6. The zero-order valence-electron chi connectivity index (χ0n) is 27.7. The van der Waals surface area contributed by atoms with Gasteiger partial charge in [-0.15, -0.1) is 0 Å². The summed E-state index contributed by atoms with van der Waals surface area (Å²) < 4.78 is 17.4. The van der Waals surface area contributed by atoms with Gasteiger partial charge in [-0.25, -0.2) is 9.59 Å². The summed E-state index contributed by atoms with van der Waals surface area (Å²) in [5, 5.41) is 21.8. The van der Waals surface area contributed by atoms with Crippen LogP contribution in [0.5, 0.6) is 6.01 Å². The zero-order chi connectivity index (χ0) is 34.5. The molecule has 4 heterocycles. The van der Waals surface area contributed by atoms with Crippen LogP contribution in [-0.2, 0) is 29.0 Å². The highest BCUT2D eigenvalue weighted by molar-refractivity contribution is 5.94. The second-order valence-electron chi connectivity index (χ2n) is 12.6. The average molecular weight is 678 g/mol. The van der Waals surface area contributed by atoms with Crippen molar-refractivity contribution in [1.29, 1.82) is 5.26 Å². The van der Waals surface area contributed by atoms with E-state index >= 15 is 0 Å². The fourth-order valence-corrected chi connectivity index (χ4v) is 6.99. The van der Waals surface area contributed by atoms with Crippen LogP contribution >= 0.6 is 0 Å². The van der Waals surface area contributed by atoms with E-state index in [0.29, 0.717) is 45.0 Å². The van der Waals surface area contributed by atoms with Crippen molar-refractivity contribution in [3.05, 3.63) is 89.6 Å². The quantitative estimate of drug-likeness (QED) is 0.277. The number of carbonyl (C=O) groups is 2. The van der Waals surface area contributed by atoms with Crippen LogP contribution in [0.25, 0.3) is 10.8 Å². The lowest BCUT2D eigenvalue weighted by Crippen LogP contribution is -2.55. The van der Waals surface area contributed by atoms with Crippen molar-refractivity contribution >= 4 is 34.5 Å². The minimum Gasteiger partial charge on any atom is -0.465 e. The molecule has 1 N–H and O–H groups in total. The van der Waals surface area contributed by atoms with Gasteiger partial charge in [0.2, 0.25) is 0 Å². The maximum Gasteiger partial charge on any atom is 0.410 e. The molecule has 2 atom stereocenters. The van der Waals surface area contributed by atoms with E-state index in [1.54, 1.807) is 4.90 Å². The summed E-state index contributed by atoms with van der Waals surface area (Å²) >= 11 is 0. The van der Waals surface area contributed by atoms with Crippen LogP contribution in [0.4, 0.5) is 21.1 Å². The Bertz CT molecular complexity index is 1880. The molecule has 4 aromatic rings. The molecule has 0 saturated carbocycles. The maximum atomic E-state index is 13.2. The number of rotatable bonds is 8. The normalized spacial score (nSPS) is 19.1. The molecule has 0 spiro atoms. The smallest absolute Gasteiger partial charge is 0.410 e. The molecule has 3 aliphatic heterocycles. The van der Waals surface area contributed by atoms with Crippen molar-refractivity contribution in [1.82, 2.24) is 19.8 Å². The summed E-state index contributed by atoms with van der Waals surface area (Å²) in [6.07, 6.45) is -0.663. The highest BCUT2D eigenvalue weighted by atomic mass is 16.6. The van der Waals surface area contributed by atoms with Gasteiger partial charge in [-0.3, -0.25) is 4.90 Å². The second kappa shape index (κ2) is 14.9. The number of amides is 2. The highest BCUT2D eigenvalue weighted by Gasteiger charge is 2.35. The largest absolute Gasteiger partial charge is 0.465 e. The van der Waals surface area contributed by atoms with E-state index in [2.05, 4.69) is 46.2 Å². The molecule has 50 heavy (non-hydrogen) atoms. The summed E-state index contributed by atoms with van der Waals surface area (Å²) in [4.78, 5) is 42.3. The molecule has 0 radical (unpaired) electrons. The third-order valence-electron chi connectivity index (χ3n) is 9.56. The number of hydrogen-bond donors (Lipinski definition) is 1. The Morgan fingerprint density at radius 1 is 0.920 bits per heavy atom. The number of aromatic nitrogens is 2. The number of carboxylic acid groups (broad SMARTS) is 1. The number of morpholine rings is 1. The molecule has 3 aromatic carbocycles. The Kier molecular flexibility index (Phi) is 9.79. The first-order valence-electron chi connectivity index (χ1n) is 16.9. The fraction of sp³-hybridized carbons (Fsp3) is 0.378. The van der Waals surface area contributed by atoms with Gasteiger partial charge in [-0.2, -0.15) is 15.2 Å². The van der Waals surface area contributed by atoms with Gasteiger partial charge in [0.25, 0.3) is 0 Å². The van der Waals surface area contributed by atoms with Crippen LogP contribution < -0.4 is 14.5 Å². The molecule has 0 bridgehead atoms. The van der Waals surface area contributed by atoms with Crippen molar-refractivity contribution in [2.24, 2.45) is 0 Å². The molecule has 1 aromatic heterocycles. The van der Waals surface area contributed by atoms with Gasteiger partial charge >= 0.3 is 18.2 Å². The first-order valence-corrected chi connectivity index (χ1v) is 16.9. The molecule has 1 unspecified atom stereocenters. The van der Waals surface area contributed by atoms with E-state index < -0.39 is 24.3 Å². The molecule has 13 heteroatoms. The number of benzene rings is 3. The first-order chi connectivity index (χ1) is 24.5. The Hall–Kier alpha value is -5.61. The van der Waals surface area contributed by atoms with Gasteiger partial charge in [-0.05, 0) is 23.4 Å². The summed E-state index contributed by atoms with van der Waals surface area (Å²) in [6.45, 7) is 3.48. The molecule has 0 aliphatic carbocycles. The van der Waals surface area contributed by atoms with Crippen LogP contribution in [0.3, 0.4) is 0 Å². The Morgan fingerprint density at radius 2 is 1.74 bits per heavy atom. The molecular weight excluding hydrogens is 638 g/mol. The summed E-state index contributed by atoms with van der Waals surface area (Å²) in [5.74, 6) is 0.706. The van der Waals surface area contributed by atoms with Crippen molar-refractivity contribution in [3.63, 3.8) is 0 Å². The topological polar surface area (TPSA) is 145 Å². The SMILES string of the molecule is N#CCC1CN(c2nc(OC[C@H]3COCCN3C(=O)O)nc3c2CCN(c2cccc4ccccc24)C3)CCN1C(=O)OCc1ccccc1. The number of carbonyl (C=O) groups excluding carboxylic acids is 1. The third kappa shape index (κ3) is 7.06. The van der Waals surface area contributed by atoms with Gasteiger partial charge in [0, 0.05) is 49.4 Å². The van der Waals surface area contributed by atoms with E-state index in [9.17, 15) is 20.0 Å². The van der Waals surface area contributed by atoms with Gasteiger partial charge in [0.05, 0.1) is 50.0 Å². The van der Waals surface area contributed by atoms with Gasteiger partial charge in [0.15, 0.2) is 0 Å². The van der Waals surface area contributed by atoms with Crippen molar-refractivity contribution in [2.45, 2.75) is 38.1 Å². The van der Waals surface area contributed by atoms with Crippen molar-refractivity contribution in [3.8, 4) is 12.1 Å². The summed E-state index contributed by atoms with van der Waals surface area (Å²) in [6, 6.07) is 25.6. The second-order valence-corrected chi connectivity index (χ2v) is 12.6. The number of piperazine rings is 1.